The number of anilines is 1. The molecule has 0 saturated heterocycles. The Hall–Kier alpha value is -3.10. The van der Waals surface area contributed by atoms with Crippen LogP contribution in [0.2, 0.25) is 0 Å². The van der Waals surface area contributed by atoms with E-state index in [4.69, 9.17) is 4.74 Å². The number of methoxy groups -OCH3 is 1. The van der Waals surface area contributed by atoms with Crippen LogP contribution in [0.5, 0.6) is 5.75 Å². The second-order valence-electron chi connectivity index (χ2n) is 6.70. The van der Waals surface area contributed by atoms with Crippen molar-refractivity contribution < 1.29 is 17.9 Å². The van der Waals surface area contributed by atoms with Gasteiger partial charge in [-0.3, -0.25) is 9.10 Å². The predicted octanol–water partition coefficient (Wildman–Crippen LogP) is 3.92. The topological polar surface area (TPSA) is 75.7 Å². The van der Waals surface area contributed by atoms with Crippen LogP contribution in [0.15, 0.2) is 77.1 Å². The number of ether oxygens (including phenoxy) is 1. The maximum absolute atomic E-state index is 13.3. The molecule has 1 aromatic heterocycles. The summed E-state index contributed by atoms with van der Waals surface area (Å²) in [7, 11) is -2.41. The second-order valence-corrected chi connectivity index (χ2v) is 9.45. The highest BCUT2D eigenvalue weighted by Gasteiger charge is 2.41. The lowest BCUT2D eigenvalue weighted by Crippen LogP contribution is -2.38. The molecule has 1 aliphatic rings. The average molecular weight is 441 g/mol. The maximum Gasteiger partial charge on any atom is 0.270 e. The van der Waals surface area contributed by atoms with Gasteiger partial charge in [-0.2, -0.15) is 0 Å². The SMILES string of the molecule is COc1cccc(CNC=C2C(=O)c3sccc3N(Cc3ccccc3)S2(=O)=O)c1. The zero-order valence-electron chi connectivity index (χ0n) is 16.2. The van der Waals surface area contributed by atoms with Crippen molar-refractivity contribution in [3.8, 4) is 5.75 Å². The summed E-state index contributed by atoms with van der Waals surface area (Å²) in [6, 6.07) is 18.4. The first-order valence-electron chi connectivity index (χ1n) is 9.26. The Balaban J connectivity index is 1.64. The van der Waals surface area contributed by atoms with Crippen LogP contribution >= 0.6 is 11.3 Å². The quantitative estimate of drug-likeness (QED) is 0.588. The van der Waals surface area contributed by atoms with Crippen molar-refractivity contribution in [1.29, 1.82) is 0 Å². The van der Waals surface area contributed by atoms with E-state index in [0.29, 0.717) is 22.9 Å². The number of allylic oxidation sites excluding steroid dienone is 1. The van der Waals surface area contributed by atoms with Crippen molar-refractivity contribution in [2.24, 2.45) is 0 Å². The number of Topliss-reactive ketones (excluding diaryl/α,β-unsaturated/α-hetero) is 1. The van der Waals surface area contributed by atoms with Crippen LogP contribution in [-0.4, -0.2) is 21.3 Å². The first-order valence-corrected chi connectivity index (χ1v) is 11.6. The Kier molecular flexibility index (Phi) is 5.61. The fraction of sp³-hybridized carbons (Fsp3) is 0.136. The Morgan fingerprint density at radius 2 is 1.83 bits per heavy atom. The van der Waals surface area contributed by atoms with Crippen LogP contribution in [0.25, 0.3) is 0 Å². The highest BCUT2D eigenvalue weighted by molar-refractivity contribution is 7.97. The van der Waals surface area contributed by atoms with Gasteiger partial charge in [0.2, 0.25) is 5.78 Å². The van der Waals surface area contributed by atoms with Crippen molar-refractivity contribution in [1.82, 2.24) is 5.32 Å². The highest BCUT2D eigenvalue weighted by Crippen LogP contribution is 2.39. The molecular formula is C22H20N2O4S2. The first kappa shape index (κ1) is 20.2. The minimum Gasteiger partial charge on any atom is -0.497 e. The van der Waals surface area contributed by atoms with E-state index in [-0.39, 0.29) is 11.4 Å². The van der Waals surface area contributed by atoms with E-state index in [1.165, 1.54) is 21.8 Å². The summed E-state index contributed by atoms with van der Waals surface area (Å²) in [4.78, 5) is 13.1. The molecule has 0 bridgehead atoms. The largest absolute Gasteiger partial charge is 0.497 e. The molecule has 154 valence electrons. The summed E-state index contributed by atoms with van der Waals surface area (Å²) in [5.74, 6) is 0.225. The number of ketones is 1. The molecule has 1 aliphatic heterocycles. The minimum absolute atomic E-state index is 0.160. The molecule has 0 saturated carbocycles. The summed E-state index contributed by atoms with van der Waals surface area (Å²) in [5, 5.41) is 4.72. The lowest BCUT2D eigenvalue weighted by Gasteiger charge is -2.29. The Labute approximate surface area is 179 Å². The summed E-state index contributed by atoms with van der Waals surface area (Å²) in [6.45, 7) is 0.521. The van der Waals surface area contributed by atoms with Gasteiger partial charge in [0, 0.05) is 12.7 Å². The molecule has 0 atom stereocenters. The molecule has 0 unspecified atom stereocenters. The summed E-state index contributed by atoms with van der Waals surface area (Å²) < 4.78 is 33.1. The molecular weight excluding hydrogens is 420 g/mol. The number of sulfonamides is 1. The fourth-order valence-electron chi connectivity index (χ4n) is 3.25. The van der Waals surface area contributed by atoms with Crippen LogP contribution < -0.4 is 14.4 Å². The molecule has 6 nitrogen and oxygen atoms in total. The van der Waals surface area contributed by atoms with Crippen LogP contribution in [-0.2, 0) is 23.1 Å². The van der Waals surface area contributed by atoms with E-state index in [1.54, 1.807) is 18.6 Å². The van der Waals surface area contributed by atoms with Gasteiger partial charge in [0.25, 0.3) is 10.0 Å². The molecule has 4 rings (SSSR count). The van der Waals surface area contributed by atoms with Gasteiger partial charge in [0.05, 0.1) is 19.3 Å². The van der Waals surface area contributed by atoms with Crippen molar-refractivity contribution in [3.63, 3.8) is 0 Å². The van der Waals surface area contributed by atoms with Crippen molar-refractivity contribution in [2.75, 3.05) is 11.4 Å². The van der Waals surface area contributed by atoms with E-state index in [9.17, 15) is 13.2 Å². The number of carbonyl (C=O) groups excluding carboxylic acids is 1. The van der Waals surface area contributed by atoms with Crippen molar-refractivity contribution in [2.45, 2.75) is 13.1 Å². The normalized spacial score (nSPS) is 16.4. The van der Waals surface area contributed by atoms with Gasteiger partial charge in [-0.25, -0.2) is 8.42 Å². The van der Waals surface area contributed by atoms with Crippen molar-refractivity contribution >= 4 is 32.8 Å². The third-order valence-corrected chi connectivity index (χ3v) is 7.42. The van der Waals surface area contributed by atoms with Gasteiger partial charge in [0.1, 0.15) is 10.6 Å². The fourth-order valence-corrected chi connectivity index (χ4v) is 5.76. The van der Waals surface area contributed by atoms with Crippen LogP contribution in [0.3, 0.4) is 0 Å². The predicted molar refractivity (Wildman–Crippen MR) is 118 cm³/mol. The van der Waals surface area contributed by atoms with Gasteiger partial charge < -0.3 is 10.1 Å². The Morgan fingerprint density at radius 1 is 1.07 bits per heavy atom. The van der Waals surface area contributed by atoms with Gasteiger partial charge in [-0.1, -0.05) is 42.5 Å². The van der Waals surface area contributed by atoms with Crippen LogP contribution in [0.1, 0.15) is 20.8 Å². The first-order chi connectivity index (χ1) is 14.5. The van der Waals surface area contributed by atoms with E-state index in [0.717, 1.165) is 11.1 Å². The number of benzene rings is 2. The summed E-state index contributed by atoms with van der Waals surface area (Å²) >= 11 is 1.25. The molecule has 0 radical (unpaired) electrons. The number of hydrogen-bond donors (Lipinski definition) is 1. The molecule has 0 spiro atoms. The number of thiophene rings is 1. The van der Waals surface area contributed by atoms with E-state index in [2.05, 4.69) is 5.32 Å². The van der Waals surface area contributed by atoms with E-state index >= 15 is 0 Å². The van der Waals surface area contributed by atoms with Gasteiger partial charge in [-0.15, -0.1) is 11.3 Å². The van der Waals surface area contributed by atoms with Gasteiger partial charge in [-0.05, 0) is 34.7 Å². The molecule has 2 heterocycles. The number of nitrogens with one attached hydrogen (secondary N) is 1. The third kappa shape index (κ3) is 3.83. The highest BCUT2D eigenvalue weighted by atomic mass is 32.2. The number of hydrogen-bond acceptors (Lipinski definition) is 6. The van der Waals surface area contributed by atoms with E-state index in [1.807, 2.05) is 54.6 Å². The lowest BCUT2D eigenvalue weighted by molar-refractivity contribution is 0.104. The zero-order chi connectivity index (χ0) is 21.1. The average Bonchev–Trinajstić information content (AvgIpc) is 3.24. The molecule has 0 fully saturated rings. The van der Waals surface area contributed by atoms with Gasteiger partial charge >= 0.3 is 0 Å². The number of nitrogens with zero attached hydrogens (tertiary/aromatic N) is 1. The molecule has 1 N–H and O–H groups in total. The third-order valence-electron chi connectivity index (χ3n) is 4.75. The summed E-state index contributed by atoms with van der Waals surface area (Å²) in [6.07, 6.45) is 1.30. The van der Waals surface area contributed by atoms with Crippen LogP contribution in [0, 0.1) is 0 Å². The Bertz CT molecular complexity index is 1200. The maximum atomic E-state index is 13.3. The molecule has 30 heavy (non-hydrogen) atoms. The molecule has 0 aliphatic carbocycles. The second kappa shape index (κ2) is 8.33. The molecule has 3 aromatic rings. The standard InChI is InChI=1S/C22H20N2O4S2/c1-28-18-9-5-8-17(12-18)13-23-14-20-21(25)22-19(10-11-29-22)24(30(20,26)27)15-16-6-3-2-4-7-16/h2-12,14,23H,13,15H2,1H3. The summed E-state index contributed by atoms with van der Waals surface area (Å²) in [5.41, 5.74) is 2.18. The van der Waals surface area contributed by atoms with Crippen LogP contribution in [0.4, 0.5) is 5.69 Å². The van der Waals surface area contributed by atoms with Gasteiger partial charge in [0.15, 0.2) is 4.91 Å². The number of fused-ring (bicyclic) bond motifs is 1. The Morgan fingerprint density at radius 3 is 2.60 bits per heavy atom. The monoisotopic (exact) mass is 440 g/mol. The molecule has 2 aromatic carbocycles. The zero-order valence-corrected chi connectivity index (χ0v) is 17.9. The van der Waals surface area contributed by atoms with E-state index < -0.39 is 15.8 Å². The van der Waals surface area contributed by atoms with Crippen molar-refractivity contribution in [3.05, 3.63) is 93.2 Å². The number of rotatable bonds is 6. The lowest BCUT2D eigenvalue weighted by atomic mass is 10.2. The molecule has 8 heteroatoms. The number of carbonyl (C=O) groups is 1. The minimum atomic E-state index is -4.00. The smallest absolute Gasteiger partial charge is 0.270 e. The molecule has 0 amide bonds.